The number of hydrazine groups is 1. The van der Waals surface area contributed by atoms with Gasteiger partial charge in [-0.3, -0.25) is 9.59 Å². The number of carbonyl (C=O) groups is 2. The zero-order valence-corrected chi connectivity index (χ0v) is 5.68. The number of hydrogen-bond acceptors (Lipinski definition) is 4. The lowest BCUT2D eigenvalue weighted by Crippen LogP contribution is -2.30. The van der Waals surface area contributed by atoms with Gasteiger partial charge in [-0.1, -0.05) is 0 Å². The summed E-state index contributed by atoms with van der Waals surface area (Å²) >= 11 is 0. The van der Waals surface area contributed by atoms with E-state index in [1.807, 2.05) is 0 Å². The van der Waals surface area contributed by atoms with Crippen molar-refractivity contribution in [2.45, 2.75) is 0 Å². The average molecular weight is 156 g/mol. The van der Waals surface area contributed by atoms with E-state index in [1.165, 1.54) is 0 Å². The predicted octanol–water partition coefficient (Wildman–Crippen LogP) is -2.68. The molecule has 0 radical (unpaired) electrons. The third-order valence-electron chi connectivity index (χ3n) is 1.32. The van der Waals surface area contributed by atoms with Gasteiger partial charge in [0.05, 0.1) is 5.57 Å². The van der Waals surface area contributed by atoms with Crippen molar-refractivity contribution in [2.75, 3.05) is 6.54 Å². The van der Waals surface area contributed by atoms with Crippen LogP contribution in [0.3, 0.4) is 0 Å². The third kappa shape index (κ3) is 1.30. The fraction of sp³-hybridized carbons (Fsp3) is 0.200. The molecule has 6 nitrogen and oxygen atoms in total. The van der Waals surface area contributed by atoms with Crippen molar-refractivity contribution >= 4 is 11.8 Å². The molecule has 11 heavy (non-hydrogen) atoms. The van der Waals surface area contributed by atoms with E-state index >= 15 is 0 Å². The summed E-state index contributed by atoms with van der Waals surface area (Å²) in [5.74, 6) is -1.33. The van der Waals surface area contributed by atoms with Crippen LogP contribution in [0.5, 0.6) is 0 Å². The van der Waals surface area contributed by atoms with Crippen molar-refractivity contribution in [3.05, 3.63) is 11.3 Å². The largest absolute Gasteiger partial charge is 0.366 e. The van der Waals surface area contributed by atoms with Crippen molar-refractivity contribution in [3.8, 4) is 0 Å². The van der Waals surface area contributed by atoms with Crippen LogP contribution in [0.15, 0.2) is 11.3 Å². The first kappa shape index (κ1) is 7.55. The number of primary amides is 2. The van der Waals surface area contributed by atoms with E-state index < -0.39 is 11.8 Å². The first-order valence-corrected chi connectivity index (χ1v) is 2.94. The topological polar surface area (TPSA) is 110 Å². The lowest BCUT2D eigenvalue weighted by Gasteiger charge is -1.97. The van der Waals surface area contributed by atoms with Crippen molar-refractivity contribution in [1.82, 2.24) is 10.9 Å². The number of rotatable bonds is 2. The molecule has 6 N–H and O–H groups in total. The van der Waals surface area contributed by atoms with Gasteiger partial charge in [0.25, 0.3) is 5.91 Å². The number of carbonyl (C=O) groups excluding carboxylic acids is 2. The molecule has 0 fully saturated rings. The van der Waals surface area contributed by atoms with Gasteiger partial charge in [-0.2, -0.15) is 0 Å². The summed E-state index contributed by atoms with van der Waals surface area (Å²) < 4.78 is 0. The van der Waals surface area contributed by atoms with Gasteiger partial charge in [0.1, 0.15) is 5.70 Å². The molecule has 2 amide bonds. The highest BCUT2D eigenvalue weighted by atomic mass is 16.2. The van der Waals surface area contributed by atoms with Crippen LogP contribution >= 0.6 is 0 Å². The normalized spacial score (nSPS) is 16.4. The maximum atomic E-state index is 10.6. The molecule has 0 spiro atoms. The molecule has 0 saturated heterocycles. The second kappa shape index (κ2) is 2.59. The lowest BCUT2D eigenvalue weighted by atomic mass is 10.2. The minimum absolute atomic E-state index is 0.0532. The van der Waals surface area contributed by atoms with Crippen molar-refractivity contribution in [3.63, 3.8) is 0 Å². The fourth-order valence-corrected chi connectivity index (χ4v) is 0.805. The van der Waals surface area contributed by atoms with E-state index in [2.05, 4.69) is 10.9 Å². The van der Waals surface area contributed by atoms with Gasteiger partial charge in [-0.25, -0.2) is 5.43 Å². The Morgan fingerprint density at radius 2 is 1.91 bits per heavy atom. The maximum absolute atomic E-state index is 10.6. The molecule has 1 rings (SSSR count). The van der Waals surface area contributed by atoms with E-state index in [0.717, 1.165) is 0 Å². The number of nitrogens with two attached hydrogens (primary N) is 2. The summed E-state index contributed by atoms with van der Waals surface area (Å²) in [7, 11) is 0. The molecule has 0 aliphatic carbocycles. The number of amides is 2. The molecular formula is C5H8N4O2. The minimum Gasteiger partial charge on any atom is -0.366 e. The van der Waals surface area contributed by atoms with E-state index in [9.17, 15) is 9.59 Å². The molecular weight excluding hydrogens is 148 g/mol. The second-order valence-corrected chi connectivity index (χ2v) is 2.06. The molecule has 0 aromatic carbocycles. The maximum Gasteiger partial charge on any atom is 0.266 e. The van der Waals surface area contributed by atoms with E-state index in [-0.39, 0.29) is 17.8 Å². The first-order valence-electron chi connectivity index (χ1n) is 2.94. The van der Waals surface area contributed by atoms with Gasteiger partial charge in [0, 0.05) is 6.54 Å². The fourth-order valence-electron chi connectivity index (χ4n) is 0.805. The lowest BCUT2D eigenvalue weighted by molar-refractivity contribution is -0.117. The van der Waals surface area contributed by atoms with Crippen LogP contribution in [0.4, 0.5) is 0 Å². The van der Waals surface area contributed by atoms with Crippen LogP contribution in [0, 0.1) is 0 Å². The Bertz CT molecular complexity index is 221. The van der Waals surface area contributed by atoms with Gasteiger partial charge >= 0.3 is 0 Å². The van der Waals surface area contributed by atoms with E-state index in [1.54, 1.807) is 0 Å². The highest BCUT2D eigenvalue weighted by Gasteiger charge is 2.21. The standard InChI is InChI=1S/C5H8N4O2/c6-4(10)2-1-8-9-3(2)5(7)11/h8-9H,1H2,(H2,6,10)(H2,7,11). The quantitative estimate of drug-likeness (QED) is 0.349. The van der Waals surface area contributed by atoms with Crippen LogP contribution in [-0.4, -0.2) is 18.4 Å². The van der Waals surface area contributed by atoms with E-state index in [0.29, 0.717) is 0 Å². The predicted molar refractivity (Wildman–Crippen MR) is 36.6 cm³/mol. The van der Waals surface area contributed by atoms with Gasteiger partial charge in [0.2, 0.25) is 5.91 Å². The summed E-state index contributed by atoms with van der Waals surface area (Å²) in [6.45, 7) is 0.230. The van der Waals surface area contributed by atoms with Crippen LogP contribution in [0.1, 0.15) is 0 Å². The van der Waals surface area contributed by atoms with Crippen LogP contribution in [0.25, 0.3) is 0 Å². The molecule has 0 saturated carbocycles. The van der Waals surface area contributed by atoms with Gasteiger partial charge in [-0.05, 0) is 0 Å². The molecule has 1 aliphatic rings. The Kier molecular flexibility index (Phi) is 1.77. The third-order valence-corrected chi connectivity index (χ3v) is 1.32. The van der Waals surface area contributed by atoms with Crippen LogP contribution in [0.2, 0.25) is 0 Å². The summed E-state index contributed by atoms with van der Waals surface area (Å²) in [5.41, 5.74) is 15.1. The zero-order chi connectivity index (χ0) is 8.43. The Morgan fingerprint density at radius 3 is 2.27 bits per heavy atom. The number of nitrogens with one attached hydrogen (secondary N) is 2. The SMILES string of the molecule is NC(=O)C1=C(C(N)=O)NNC1. The van der Waals surface area contributed by atoms with Crippen molar-refractivity contribution in [2.24, 2.45) is 11.5 Å². The molecule has 1 aliphatic heterocycles. The second-order valence-electron chi connectivity index (χ2n) is 2.06. The molecule has 60 valence electrons. The van der Waals surface area contributed by atoms with Crippen molar-refractivity contribution < 1.29 is 9.59 Å². The monoisotopic (exact) mass is 156 g/mol. The highest BCUT2D eigenvalue weighted by Crippen LogP contribution is 2.03. The Labute approximate surface area is 62.6 Å². The molecule has 0 atom stereocenters. The summed E-state index contributed by atoms with van der Waals surface area (Å²) in [5, 5.41) is 0. The van der Waals surface area contributed by atoms with Gasteiger partial charge in [-0.15, -0.1) is 0 Å². The molecule has 1 heterocycles. The molecule has 0 bridgehead atoms. The van der Waals surface area contributed by atoms with Crippen LogP contribution in [-0.2, 0) is 9.59 Å². The van der Waals surface area contributed by atoms with E-state index in [4.69, 9.17) is 11.5 Å². The number of hydrogen-bond donors (Lipinski definition) is 4. The summed E-state index contributed by atoms with van der Waals surface area (Å²) in [6.07, 6.45) is 0. The Balaban J connectivity index is 2.95. The van der Waals surface area contributed by atoms with Crippen LogP contribution < -0.4 is 22.3 Å². The highest BCUT2D eigenvalue weighted by molar-refractivity contribution is 6.03. The average Bonchev–Trinajstić information content (AvgIpc) is 2.32. The zero-order valence-electron chi connectivity index (χ0n) is 5.68. The smallest absolute Gasteiger partial charge is 0.266 e. The molecule has 0 unspecified atom stereocenters. The summed E-state index contributed by atoms with van der Waals surface area (Å²) in [6, 6.07) is 0. The first-order chi connectivity index (χ1) is 5.13. The molecule has 0 aromatic rings. The van der Waals surface area contributed by atoms with Crippen molar-refractivity contribution in [1.29, 1.82) is 0 Å². The molecule has 0 aromatic heterocycles. The van der Waals surface area contributed by atoms with Gasteiger partial charge < -0.3 is 16.9 Å². The molecule has 6 heteroatoms. The Hall–Kier alpha value is -1.56. The minimum atomic E-state index is -0.691. The Morgan fingerprint density at radius 1 is 1.27 bits per heavy atom. The summed E-state index contributed by atoms with van der Waals surface area (Å²) in [4.78, 5) is 21.2. The van der Waals surface area contributed by atoms with Gasteiger partial charge in [0.15, 0.2) is 0 Å².